The molecule has 5 saturated carbocycles. The summed E-state index contributed by atoms with van der Waals surface area (Å²) in [4.78, 5) is 13.0. The molecular formula is C22H30O3. The lowest BCUT2D eigenvalue weighted by atomic mass is 9.49. The summed E-state index contributed by atoms with van der Waals surface area (Å²) in [6.45, 7) is 2.24. The minimum atomic E-state index is -0.265. The molecule has 6 bridgehead atoms. The molecule has 0 radical (unpaired) electrons. The highest BCUT2D eigenvalue weighted by Crippen LogP contribution is 2.61. The summed E-state index contributed by atoms with van der Waals surface area (Å²) in [5, 5.41) is 0. The van der Waals surface area contributed by atoms with E-state index in [1.54, 1.807) is 0 Å². The van der Waals surface area contributed by atoms with Crippen LogP contribution in [0.15, 0.2) is 12.2 Å². The van der Waals surface area contributed by atoms with Crippen molar-refractivity contribution in [3.8, 4) is 0 Å². The smallest absolute Gasteiger partial charge is 0.338 e. The third-order valence-corrected chi connectivity index (χ3v) is 8.87. The monoisotopic (exact) mass is 342 g/mol. The number of carbonyl (C=O) groups is 1. The van der Waals surface area contributed by atoms with E-state index >= 15 is 0 Å². The van der Waals surface area contributed by atoms with E-state index in [0.29, 0.717) is 23.7 Å². The molecule has 136 valence electrons. The zero-order valence-corrected chi connectivity index (χ0v) is 15.2. The number of rotatable bonds is 4. The minimum Gasteiger partial charge on any atom is -0.456 e. The van der Waals surface area contributed by atoms with Crippen molar-refractivity contribution in [3.63, 3.8) is 0 Å². The van der Waals surface area contributed by atoms with Crippen molar-refractivity contribution in [3.05, 3.63) is 12.2 Å². The Balaban J connectivity index is 1.17. The number of hydrogen-bond donors (Lipinski definition) is 0. The highest BCUT2D eigenvalue weighted by molar-refractivity contribution is 5.78. The van der Waals surface area contributed by atoms with Crippen LogP contribution in [-0.2, 0) is 14.3 Å². The Kier molecular flexibility index (Phi) is 3.12. The molecule has 0 aromatic rings. The van der Waals surface area contributed by atoms with Crippen LogP contribution in [0.2, 0.25) is 0 Å². The van der Waals surface area contributed by atoms with E-state index in [0.717, 1.165) is 24.2 Å². The molecule has 25 heavy (non-hydrogen) atoms. The standard InChI is InChI=1S/C22H30O3/c1-2-22(16-7-13-5-14(9-16)10-17(22)8-13)25-21(23)20-19(24-20)18-11-12-3-4-15(18)6-12/h3-4,12-20H,2,5-11H2,1H3. The Bertz CT molecular complexity index is 595. The number of fused-ring (bicyclic) bond motifs is 2. The number of epoxide rings is 1. The Morgan fingerprint density at radius 3 is 2.32 bits per heavy atom. The largest absolute Gasteiger partial charge is 0.456 e. The van der Waals surface area contributed by atoms with Crippen molar-refractivity contribution >= 4 is 5.97 Å². The van der Waals surface area contributed by atoms with Crippen LogP contribution in [-0.4, -0.2) is 23.8 Å². The third kappa shape index (κ3) is 2.11. The van der Waals surface area contributed by atoms with Crippen LogP contribution >= 0.6 is 0 Å². The van der Waals surface area contributed by atoms with Gasteiger partial charge in [0.05, 0.1) is 6.10 Å². The van der Waals surface area contributed by atoms with Crippen LogP contribution in [0.3, 0.4) is 0 Å². The molecule has 0 amide bonds. The Morgan fingerprint density at radius 2 is 1.76 bits per heavy atom. The van der Waals surface area contributed by atoms with Gasteiger partial charge in [-0.25, -0.2) is 4.79 Å². The van der Waals surface area contributed by atoms with Gasteiger partial charge in [-0.15, -0.1) is 0 Å². The quantitative estimate of drug-likeness (QED) is 0.438. The first kappa shape index (κ1) is 15.2. The number of allylic oxidation sites excluding steroid dienone is 2. The average Bonchev–Trinajstić information content (AvgIpc) is 3.12. The summed E-state index contributed by atoms with van der Waals surface area (Å²) >= 11 is 0. The van der Waals surface area contributed by atoms with Crippen molar-refractivity contribution in [2.24, 2.45) is 41.4 Å². The lowest BCUT2D eigenvalue weighted by molar-refractivity contribution is -0.211. The lowest BCUT2D eigenvalue weighted by Crippen LogP contribution is -2.59. The Morgan fingerprint density at radius 1 is 1.04 bits per heavy atom. The molecule has 0 N–H and O–H groups in total. The van der Waals surface area contributed by atoms with Gasteiger partial charge in [0.2, 0.25) is 0 Å². The fraction of sp³-hybridized carbons (Fsp3) is 0.864. The first-order valence-corrected chi connectivity index (χ1v) is 10.7. The Hall–Kier alpha value is -0.830. The summed E-state index contributed by atoms with van der Waals surface area (Å²) in [6, 6.07) is 0. The maximum absolute atomic E-state index is 13.0. The maximum Gasteiger partial charge on any atom is 0.338 e. The van der Waals surface area contributed by atoms with Crippen molar-refractivity contribution in [2.45, 2.75) is 76.1 Å². The second-order valence-electron chi connectivity index (χ2n) is 10.00. The Labute approximate surface area is 150 Å². The molecule has 0 spiro atoms. The molecule has 6 fully saturated rings. The summed E-state index contributed by atoms with van der Waals surface area (Å²) < 4.78 is 12.3. The summed E-state index contributed by atoms with van der Waals surface area (Å²) in [6.07, 6.45) is 14.7. The van der Waals surface area contributed by atoms with Gasteiger partial charge in [0.15, 0.2) is 6.10 Å². The van der Waals surface area contributed by atoms with Gasteiger partial charge in [-0.3, -0.25) is 0 Å². The van der Waals surface area contributed by atoms with Gasteiger partial charge in [-0.1, -0.05) is 19.1 Å². The van der Waals surface area contributed by atoms with E-state index in [1.165, 1.54) is 44.9 Å². The van der Waals surface area contributed by atoms with Gasteiger partial charge < -0.3 is 9.47 Å². The molecule has 7 rings (SSSR count). The van der Waals surface area contributed by atoms with Crippen molar-refractivity contribution in [2.75, 3.05) is 0 Å². The van der Waals surface area contributed by atoms with Crippen LogP contribution in [0.5, 0.6) is 0 Å². The topological polar surface area (TPSA) is 38.8 Å². The highest BCUT2D eigenvalue weighted by Gasteiger charge is 2.61. The van der Waals surface area contributed by atoms with Gasteiger partial charge in [-0.05, 0) is 92.8 Å². The van der Waals surface area contributed by atoms with E-state index < -0.39 is 0 Å². The SMILES string of the molecule is CCC1(OC(=O)C2OC2C2CC3C=CC2C3)C2CC3CC(C2)CC1C3. The molecule has 0 aromatic carbocycles. The first-order chi connectivity index (χ1) is 12.2. The van der Waals surface area contributed by atoms with E-state index in [1.807, 2.05) is 0 Å². The predicted molar refractivity (Wildman–Crippen MR) is 93.7 cm³/mol. The third-order valence-electron chi connectivity index (χ3n) is 8.87. The predicted octanol–water partition coefficient (Wildman–Crippen LogP) is 4.11. The summed E-state index contributed by atoms with van der Waals surface area (Å²) in [5.74, 6) is 4.95. The van der Waals surface area contributed by atoms with Crippen molar-refractivity contribution in [1.82, 2.24) is 0 Å². The number of esters is 1. The second kappa shape index (κ2) is 5.12. The minimum absolute atomic E-state index is 0.0360. The van der Waals surface area contributed by atoms with E-state index in [-0.39, 0.29) is 23.8 Å². The van der Waals surface area contributed by atoms with Crippen LogP contribution < -0.4 is 0 Å². The van der Waals surface area contributed by atoms with Gasteiger partial charge >= 0.3 is 5.97 Å². The fourth-order valence-electron chi connectivity index (χ4n) is 7.88. The van der Waals surface area contributed by atoms with Gasteiger partial charge in [0.25, 0.3) is 0 Å². The normalized spacial score (nSPS) is 57.2. The summed E-state index contributed by atoms with van der Waals surface area (Å²) in [7, 11) is 0. The van der Waals surface area contributed by atoms with Gasteiger partial charge in [0, 0.05) is 0 Å². The van der Waals surface area contributed by atoms with E-state index in [9.17, 15) is 4.79 Å². The molecule has 7 aliphatic rings. The maximum atomic E-state index is 13.0. The summed E-state index contributed by atoms with van der Waals surface area (Å²) in [5.41, 5.74) is -0.171. The molecular weight excluding hydrogens is 312 g/mol. The molecule has 0 aromatic heterocycles. The lowest BCUT2D eigenvalue weighted by Gasteiger charge is -2.60. The number of carbonyl (C=O) groups excluding carboxylic acids is 1. The number of hydrogen-bond acceptors (Lipinski definition) is 3. The van der Waals surface area contributed by atoms with Crippen molar-refractivity contribution in [1.29, 1.82) is 0 Å². The van der Waals surface area contributed by atoms with Crippen LogP contribution in [0, 0.1) is 41.4 Å². The van der Waals surface area contributed by atoms with Crippen LogP contribution in [0.1, 0.15) is 58.3 Å². The molecule has 3 heteroatoms. The molecule has 6 aliphatic carbocycles. The second-order valence-corrected chi connectivity index (χ2v) is 10.00. The molecule has 1 aliphatic heterocycles. The van der Waals surface area contributed by atoms with E-state index in [2.05, 4.69) is 19.1 Å². The van der Waals surface area contributed by atoms with E-state index in [4.69, 9.17) is 9.47 Å². The molecule has 5 atom stereocenters. The zero-order valence-electron chi connectivity index (χ0n) is 15.2. The average molecular weight is 342 g/mol. The van der Waals surface area contributed by atoms with Crippen molar-refractivity contribution < 1.29 is 14.3 Å². The highest BCUT2D eigenvalue weighted by atomic mass is 16.6. The molecule has 3 nitrogen and oxygen atoms in total. The first-order valence-electron chi connectivity index (χ1n) is 10.7. The van der Waals surface area contributed by atoms with Crippen LogP contribution in [0.25, 0.3) is 0 Å². The number of ether oxygens (including phenoxy) is 2. The van der Waals surface area contributed by atoms with Gasteiger partial charge in [-0.2, -0.15) is 0 Å². The zero-order chi connectivity index (χ0) is 16.8. The molecule has 5 unspecified atom stereocenters. The van der Waals surface area contributed by atoms with Crippen LogP contribution in [0.4, 0.5) is 0 Å². The fourth-order valence-corrected chi connectivity index (χ4v) is 7.88. The molecule has 1 heterocycles. The van der Waals surface area contributed by atoms with Gasteiger partial charge in [0.1, 0.15) is 5.60 Å². The molecule has 1 saturated heterocycles.